The summed E-state index contributed by atoms with van der Waals surface area (Å²) in [6.07, 6.45) is 0. The van der Waals surface area contributed by atoms with Crippen molar-refractivity contribution in [1.29, 1.82) is 0 Å². The molecular formula is C11H5Br2ClFNO4S2. The zero-order chi connectivity index (χ0) is 16.7. The Balaban J connectivity index is 2.44. The zero-order valence-electron chi connectivity index (χ0n) is 10.2. The fourth-order valence-electron chi connectivity index (χ4n) is 1.43. The van der Waals surface area contributed by atoms with Gasteiger partial charge in [-0.25, -0.2) is 17.6 Å². The Morgan fingerprint density at radius 3 is 2.45 bits per heavy atom. The number of sulfonamides is 1. The number of halogens is 4. The van der Waals surface area contributed by atoms with Gasteiger partial charge in [-0.2, -0.15) is 0 Å². The van der Waals surface area contributed by atoms with E-state index in [4.69, 9.17) is 16.7 Å². The SMILES string of the molecule is O=C(O)c1cc(Br)c(S(=O)(=O)Nc2cc(Br)c(Cl)cc2F)s1. The Morgan fingerprint density at radius 2 is 1.91 bits per heavy atom. The number of hydrogen-bond acceptors (Lipinski definition) is 4. The lowest BCUT2D eigenvalue weighted by Crippen LogP contribution is -2.13. The molecule has 0 amide bonds. The quantitative estimate of drug-likeness (QED) is 0.612. The van der Waals surface area contributed by atoms with Gasteiger partial charge in [0.15, 0.2) is 4.21 Å². The van der Waals surface area contributed by atoms with Crippen LogP contribution in [-0.2, 0) is 10.0 Å². The van der Waals surface area contributed by atoms with E-state index in [1.807, 2.05) is 0 Å². The molecule has 0 aliphatic heterocycles. The third-order valence-corrected chi connectivity index (χ3v) is 7.73. The van der Waals surface area contributed by atoms with Crippen LogP contribution >= 0.6 is 54.8 Å². The summed E-state index contributed by atoms with van der Waals surface area (Å²) in [5.74, 6) is -2.12. The molecule has 22 heavy (non-hydrogen) atoms. The van der Waals surface area contributed by atoms with E-state index in [-0.39, 0.29) is 24.3 Å². The summed E-state index contributed by atoms with van der Waals surface area (Å²) >= 11 is 12.3. The molecule has 0 saturated heterocycles. The Bertz CT molecular complexity index is 869. The van der Waals surface area contributed by atoms with Crippen molar-refractivity contribution >= 4 is 76.5 Å². The maximum Gasteiger partial charge on any atom is 0.345 e. The van der Waals surface area contributed by atoms with Crippen molar-refractivity contribution in [2.24, 2.45) is 0 Å². The molecule has 0 radical (unpaired) electrons. The topological polar surface area (TPSA) is 83.5 Å². The summed E-state index contributed by atoms with van der Waals surface area (Å²) < 4.78 is 40.5. The first kappa shape index (κ1) is 17.7. The molecule has 0 atom stereocenters. The molecule has 1 aromatic carbocycles. The van der Waals surface area contributed by atoms with Crippen LogP contribution in [0.5, 0.6) is 0 Å². The summed E-state index contributed by atoms with van der Waals surface area (Å²) in [5, 5.41) is 8.97. The number of carboxylic acid groups (broad SMARTS) is 1. The standard InChI is InChI=1S/C11H5Br2ClFNO4S2/c12-4-1-8(7(15)3-6(4)14)16-22(19,20)11-5(13)2-9(21-11)10(17)18/h1-3,16H,(H,17,18). The summed E-state index contributed by atoms with van der Waals surface area (Å²) in [6.45, 7) is 0. The molecule has 0 aliphatic carbocycles. The minimum atomic E-state index is -4.15. The molecule has 0 bridgehead atoms. The number of anilines is 1. The van der Waals surface area contributed by atoms with Gasteiger partial charge in [-0.05, 0) is 50.1 Å². The van der Waals surface area contributed by atoms with E-state index in [1.54, 1.807) is 0 Å². The number of rotatable bonds is 4. The van der Waals surface area contributed by atoms with E-state index < -0.39 is 21.8 Å². The number of hydrogen-bond donors (Lipinski definition) is 2. The van der Waals surface area contributed by atoms with Gasteiger partial charge in [0, 0.05) is 8.95 Å². The first-order valence-electron chi connectivity index (χ1n) is 5.32. The monoisotopic (exact) mass is 491 g/mol. The van der Waals surface area contributed by atoms with Gasteiger partial charge in [0.05, 0.1) is 10.7 Å². The third kappa shape index (κ3) is 3.62. The van der Waals surface area contributed by atoms with Gasteiger partial charge in [-0.15, -0.1) is 11.3 Å². The average molecular weight is 494 g/mol. The predicted octanol–water partition coefficient (Wildman–Crippen LogP) is 4.56. The summed E-state index contributed by atoms with van der Waals surface area (Å²) in [4.78, 5) is 10.7. The molecule has 118 valence electrons. The number of aromatic carboxylic acids is 1. The summed E-state index contributed by atoms with van der Waals surface area (Å²) in [5.41, 5.74) is -0.312. The maximum atomic E-state index is 13.8. The second-order valence-corrected chi connectivity index (χ2v) is 8.95. The number of thiophene rings is 1. The summed E-state index contributed by atoms with van der Waals surface area (Å²) in [6, 6.07) is 3.29. The summed E-state index contributed by atoms with van der Waals surface area (Å²) in [7, 11) is -4.15. The lowest BCUT2D eigenvalue weighted by molar-refractivity contribution is 0.0702. The van der Waals surface area contributed by atoms with Gasteiger partial charge in [-0.1, -0.05) is 11.6 Å². The molecule has 2 aromatic rings. The van der Waals surface area contributed by atoms with Gasteiger partial charge >= 0.3 is 5.97 Å². The van der Waals surface area contributed by atoms with Crippen LogP contribution in [0.1, 0.15) is 9.67 Å². The van der Waals surface area contributed by atoms with Gasteiger partial charge < -0.3 is 5.11 Å². The number of carbonyl (C=O) groups is 1. The van der Waals surface area contributed by atoms with Crippen molar-refractivity contribution in [3.8, 4) is 0 Å². The normalized spacial score (nSPS) is 11.5. The number of nitrogens with one attached hydrogen (secondary N) is 1. The minimum Gasteiger partial charge on any atom is -0.477 e. The highest BCUT2D eigenvalue weighted by Crippen LogP contribution is 2.34. The molecule has 1 aromatic heterocycles. The van der Waals surface area contributed by atoms with E-state index in [0.717, 1.165) is 12.1 Å². The highest BCUT2D eigenvalue weighted by atomic mass is 79.9. The van der Waals surface area contributed by atoms with Crippen molar-refractivity contribution in [2.75, 3.05) is 4.72 Å². The van der Waals surface area contributed by atoms with Gasteiger partial charge in [-0.3, -0.25) is 4.72 Å². The van der Waals surface area contributed by atoms with Crippen molar-refractivity contribution in [3.63, 3.8) is 0 Å². The van der Waals surface area contributed by atoms with Gasteiger partial charge in [0.1, 0.15) is 10.7 Å². The molecule has 2 N–H and O–H groups in total. The number of carboxylic acids is 1. The third-order valence-electron chi connectivity index (χ3n) is 2.36. The highest BCUT2D eigenvalue weighted by molar-refractivity contribution is 9.10. The largest absolute Gasteiger partial charge is 0.477 e. The van der Waals surface area contributed by atoms with E-state index in [2.05, 4.69) is 36.6 Å². The Labute approximate surface area is 150 Å². The lowest BCUT2D eigenvalue weighted by atomic mass is 10.3. The lowest BCUT2D eigenvalue weighted by Gasteiger charge is -2.09. The molecule has 2 rings (SSSR count). The predicted molar refractivity (Wildman–Crippen MR) is 88.9 cm³/mol. The van der Waals surface area contributed by atoms with Crippen molar-refractivity contribution < 1.29 is 22.7 Å². The number of benzene rings is 1. The molecule has 0 aliphatic rings. The van der Waals surface area contributed by atoms with E-state index in [9.17, 15) is 17.6 Å². The smallest absolute Gasteiger partial charge is 0.345 e. The molecule has 5 nitrogen and oxygen atoms in total. The van der Waals surface area contributed by atoms with Crippen molar-refractivity contribution in [1.82, 2.24) is 0 Å². The first-order valence-corrected chi connectivity index (χ1v) is 9.58. The van der Waals surface area contributed by atoms with Crippen LogP contribution in [0.2, 0.25) is 5.02 Å². The second kappa shape index (κ2) is 6.44. The molecule has 0 spiro atoms. The van der Waals surface area contributed by atoms with Crippen molar-refractivity contribution in [2.45, 2.75) is 4.21 Å². The average Bonchev–Trinajstić information content (AvgIpc) is 2.79. The minimum absolute atomic E-state index is 0.0795. The molecule has 11 heteroatoms. The van der Waals surface area contributed by atoms with Crippen LogP contribution in [0.4, 0.5) is 10.1 Å². The molecule has 0 saturated carbocycles. The fraction of sp³-hybridized carbons (Fsp3) is 0. The maximum absolute atomic E-state index is 13.8. The fourth-order valence-corrected chi connectivity index (χ4v) is 5.50. The van der Waals surface area contributed by atoms with Crippen LogP contribution < -0.4 is 4.72 Å². The molecule has 0 fully saturated rings. The van der Waals surface area contributed by atoms with Crippen LogP contribution in [0, 0.1) is 5.82 Å². The zero-order valence-corrected chi connectivity index (χ0v) is 15.8. The van der Waals surface area contributed by atoms with Gasteiger partial charge in [0.2, 0.25) is 0 Å². The molecular weight excluding hydrogens is 489 g/mol. The Kier molecular flexibility index (Phi) is 5.17. The van der Waals surface area contributed by atoms with Crippen molar-refractivity contribution in [3.05, 3.63) is 42.9 Å². The Morgan fingerprint density at radius 1 is 1.27 bits per heavy atom. The van der Waals surface area contributed by atoms with Crippen LogP contribution in [0.3, 0.4) is 0 Å². The van der Waals surface area contributed by atoms with Gasteiger partial charge in [0.25, 0.3) is 10.0 Å². The first-order chi connectivity index (χ1) is 10.1. The van der Waals surface area contributed by atoms with E-state index in [1.165, 1.54) is 6.07 Å². The van der Waals surface area contributed by atoms with E-state index in [0.29, 0.717) is 15.8 Å². The Hall–Kier alpha value is -0.680. The second-order valence-electron chi connectivity index (χ2n) is 3.90. The highest BCUT2D eigenvalue weighted by Gasteiger charge is 2.25. The molecule has 1 heterocycles. The molecule has 0 unspecified atom stereocenters. The van der Waals surface area contributed by atoms with Crippen LogP contribution in [0.15, 0.2) is 31.4 Å². The van der Waals surface area contributed by atoms with E-state index >= 15 is 0 Å². The van der Waals surface area contributed by atoms with Crippen LogP contribution in [0.25, 0.3) is 0 Å². The van der Waals surface area contributed by atoms with Crippen LogP contribution in [-0.4, -0.2) is 19.5 Å².